The van der Waals surface area contributed by atoms with Crippen LogP contribution in [0, 0.1) is 18.7 Å². The fourth-order valence-corrected chi connectivity index (χ4v) is 4.45. The zero-order valence-electron chi connectivity index (χ0n) is 17.4. The molecule has 2 aromatic carbocycles. The van der Waals surface area contributed by atoms with E-state index in [-0.39, 0.29) is 5.82 Å². The van der Waals surface area contributed by atoms with Crippen molar-refractivity contribution in [3.05, 3.63) is 83.8 Å². The lowest BCUT2D eigenvalue weighted by atomic mass is 9.89. The third-order valence-corrected chi connectivity index (χ3v) is 6.26. The van der Waals surface area contributed by atoms with Crippen molar-refractivity contribution in [1.29, 1.82) is 0 Å². The molecule has 0 amide bonds. The molecule has 154 valence electrons. The van der Waals surface area contributed by atoms with Gasteiger partial charge in [0, 0.05) is 52.6 Å². The average molecular weight is 403 g/mol. The van der Waals surface area contributed by atoms with Crippen molar-refractivity contribution in [3.63, 3.8) is 0 Å². The summed E-state index contributed by atoms with van der Waals surface area (Å²) in [5.74, 6) is 0.426. The van der Waals surface area contributed by atoms with Gasteiger partial charge in [-0.25, -0.2) is 4.39 Å². The number of carbonyl (C=O) groups is 1. The lowest BCUT2D eigenvalue weighted by Crippen LogP contribution is -2.33. The molecule has 1 saturated heterocycles. The molecule has 0 aliphatic carbocycles. The molecular formula is C26H27FN2O. The summed E-state index contributed by atoms with van der Waals surface area (Å²) in [5.41, 5.74) is 6.81. The zero-order chi connectivity index (χ0) is 21.3. The Bertz CT molecular complexity index is 1100. The summed E-state index contributed by atoms with van der Waals surface area (Å²) in [4.78, 5) is 16.8. The Hall–Kier alpha value is -3.14. The Morgan fingerprint density at radius 3 is 2.53 bits per heavy atom. The van der Waals surface area contributed by atoms with Crippen molar-refractivity contribution in [2.24, 2.45) is 5.92 Å². The number of nitrogens with one attached hydrogen (secondary N) is 1. The van der Waals surface area contributed by atoms with Gasteiger partial charge >= 0.3 is 0 Å². The third-order valence-electron chi connectivity index (χ3n) is 6.26. The van der Waals surface area contributed by atoms with Crippen molar-refractivity contribution < 1.29 is 9.18 Å². The van der Waals surface area contributed by atoms with E-state index in [0.29, 0.717) is 11.5 Å². The van der Waals surface area contributed by atoms with Gasteiger partial charge in [-0.1, -0.05) is 25.3 Å². The molecular weight excluding hydrogens is 375 g/mol. The molecule has 0 saturated carbocycles. The fraction of sp³-hybridized carbons (Fsp3) is 0.269. The lowest BCUT2D eigenvalue weighted by Gasteiger charge is -2.35. The van der Waals surface area contributed by atoms with Crippen molar-refractivity contribution in [2.75, 3.05) is 13.1 Å². The monoisotopic (exact) mass is 402 g/mol. The first-order valence-corrected chi connectivity index (χ1v) is 10.4. The van der Waals surface area contributed by atoms with E-state index in [1.807, 2.05) is 18.3 Å². The first-order valence-electron chi connectivity index (χ1n) is 10.4. The van der Waals surface area contributed by atoms with Gasteiger partial charge in [-0.15, -0.1) is 0 Å². The summed E-state index contributed by atoms with van der Waals surface area (Å²) in [6.07, 6.45) is 5.81. The SMILES string of the molecule is C=C(C=O)c1c[nH]c2cc(C)c(C(=C)N3CCC(Cc4ccc(F)cc4)CC3)cc12. The normalized spacial score (nSPS) is 14.8. The Kier molecular flexibility index (Phi) is 5.58. The molecule has 0 unspecified atom stereocenters. The van der Waals surface area contributed by atoms with Crippen molar-refractivity contribution >= 4 is 28.5 Å². The van der Waals surface area contributed by atoms with Gasteiger partial charge in [-0.3, -0.25) is 4.79 Å². The van der Waals surface area contributed by atoms with Crippen LogP contribution in [-0.4, -0.2) is 29.3 Å². The van der Waals surface area contributed by atoms with Crippen LogP contribution in [0.5, 0.6) is 0 Å². The molecule has 4 heteroatoms. The van der Waals surface area contributed by atoms with Crippen LogP contribution in [0.25, 0.3) is 22.2 Å². The predicted octanol–water partition coefficient (Wildman–Crippen LogP) is 5.75. The molecule has 1 aliphatic heterocycles. The molecule has 0 radical (unpaired) electrons. The van der Waals surface area contributed by atoms with Gasteiger partial charge in [0.1, 0.15) is 12.1 Å². The van der Waals surface area contributed by atoms with Crippen molar-refractivity contribution in [2.45, 2.75) is 26.2 Å². The van der Waals surface area contributed by atoms with E-state index in [1.165, 1.54) is 5.56 Å². The van der Waals surface area contributed by atoms with Gasteiger partial charge in [0.2, 0.25) is 0 Å². The molecule has 1 aromatic heterocycles. The third kappa shape index (κ3) is 3.95. The highest BCUT2D eigenvalue weighted by atomic mass is 19.1. The number of piperidine rings is 1. The number of likely N-dealkylation sites (tertiary alicyclic amines) is 1. The number of carbonyl (C=O) groups excluding carboxylic acids is 1. The standard InChI is InChI=1S/C26H27FN2O/c1-17-12-26-24(25(15-28-26)18(2)16-30)14-23(17)19(3)29-10-8-21(9-11-29)13-20-4-6-22(27)7-5-20/h4-7,12,14-16,21,28H,2-3,8-11,13H2,1H3. The Labute approximate surface area is 176 Å². The zero-order valence-corrected chi connectivity index (χ0v) is 17.4. The van der Waals surface area contributed by atoms with Gasteiger partial charge in [0.15, 0.2) is 0 Å². The molecule has 0 atom stereocenters. The van der Waals surface area contributed by atoms with E-state index in [2.05, 4.69) is 42.1 Å². The van der Waals surface area contributed by atoms with Crippen LogP contribution in [0.4, 0.5) is 4.39 Å². The molecule has 4 rings (SSSR count). The smallest absolute Gasteiger partial charge is 0.150 e. The number of aldehydes is 1. The number of hydrogen-bond acceptors (Lipinski definition) is 2. The maximum atomic E-state index is 13.1. The summed E-state index contributed by atoms with van der Waals surface area (Å²) in [6.45, 7) is 12.3. The minimum Gasteiger partial charge on any atom is -0.372 e. The van der Waals surface area contributed by atoms with Gasteiger partial charge in [0.05, 0.1) is 0 Å². The van der Waals surface area contributed by atoms with E-state index in [9.17, 15) is 9.18 Å². The fourth-order valence-electron chi connectivity index (χ4n) is 4.45. The summed E-state index contributed by atoms with van der Waals surface area (Å²) in [5, 5.41) is 1.00. The molecule has 2 heterocycles. The highest BCUT2D eigenvalue weighted by Gasteiger charge is 2.22. The summed E-state index contributed by atoms with van der Waals surface area (Å²) >= 11 is 0. The number of allylic oxidation sites excluding steroid dienone is 1. The van der Waals surface area contributed by atoms with Gasteiger partial charge < -0.3 is 9.88 Å². The lowest BCUT2D eigenvalue weighted by molar-refractivity contribution is -0.103. The van der Waals surface area contributed by atoms with Gasteiger partial charge in [0.25, 0.3) is 0 Å². The predicted molar refractivity (Wildman–Crippen MR) is 122 cm³/mol. The number of benzene rings is 2. The second kappa shape index (κ2) is 8.31. The van der Waals surface area contributed by atoms with E-state index < -0.39 is 0 Å². The minimum absolute atomic E-state index is 0.181. The van der Waals surface area contributed by atoms with Gasteiger partial charge in [-0.05, 0) is 67.5 Å². The van der Waals surface area contributed by atoms with E-state index >= 15 is 0 Å². The number of halogens is 1. The van der Waals surface area contributed by atoms with Crippen molar-refractivity contribution in [3.8, 4) is 0 Å². The van der Waals surface area contributed by atoms with E-state index in [1.54, 1.807) is 12.1 Å². The average Bonchev–Trinajstić information content (AvgIpc) is 3.17. The molecule has 0 bridgehead atoms. The Balaban J connectivity index is 1.47. The number of H-pyrrole nitrogens is 1. The minimum atomic E-state index is -0.181. The van der Waals surface area contributed by atoms with Crippen LogP contribution >= 0.6 is 0 Å². The number of rotatable bonds is 6. The van der Waals surface area contributed by atoms with E-state index in [4.69, 9.17) is 0 Å². The Morgan fingerprint density at radius 1 is 1.17 bits per heavy atom. The quantitative estimate of drug-likeness (QED) is 0.421. The maximum Gasteiger partial charge on any atom is 0.150 e. The number of nitrogens with zero attached hydrogens (tertiary/aromatic N) is 1. The molecule has 1 aliphatic rings. The molecule has 0 spiro atoms. The van der Waals surface area contributed by atoms with E-state index in [0.717, 1.165) is 71.9 Å². The second-order valence-electron chi connectivity index (χ2n) is 8.27. The highest BCUT2D eigenvalue weighted by molar-refractivity contribution is 6.12. The summed E-state index contributed by atoms with van der Waals surface area (Å²) < 4.78 is 13.1. The maximum absolute atomic E-state index is 13.1. The molecule has 30 heavy (non-hydrogen) atoms. The van der Waals surface area contributed by atoms with Crippen LogP contribution in [0.15, 0.2) is 55.8 Å². The second-order valence-corrected chi connectivity index (χ2v) is 8.27. The number of fused-ring (bicyclic) bond motifs is 1. The number of aromatic amines is 1. The van der Waals surface area contributed by atoms with Crippen LogP contribution < -0.4 is 0 Å². The molecule has 1 N–H and O–H groups in total. The van der Waals surface area contributed by atoms with Crippen LogP contribution in [0.1, 0.15) is 35.1 Å². The molecule has 3 nitrogen and oxygen atoms in total. The highest BCUT2D eigenvalue weighted by Crippen LogP contribution is 2.32. The van der Waals surface area contributed by atoms with Crippen LogP contribution in [0.2, 0.25) is 0 Å². The largest absolute Gasteiger partial charge is 0.372 e. The van der Waals surface area contributed by atoms with Crippen LogP contribution in [0.3, 0.4) is 0 Å². The van der Waals surface area contributed by atoms with Crippen molar-refractivity contribution in [1.82, 2.24) is 9.88 Å². The number of aromatic nitrogens is 1. The summed E-state index contributed by atoms with van der Waals surface area (Å²) in [6, 6.07) is 11.1. The topological polar surface area (TPSA) is 36.1 Å². The Morgan fingerprint density at radius 2 is 1.87 bits per heavy atom. The summed E-state index contributed by atoms with van der Waals surface area (Å²) in [7, 11) is 0. The first kappa shape index (κ1) is 20.1. The molecule has 1 fully saturated rings. The van der Waals surface area contributed by atoms with Crippen LogP contribution in [-0.2, 0) is 11.2 Å². The number of aryl methyl sites for hydroxylation is 1. The first-order chi connectivity index (χ1) is 14.5. The molecule has 3 aromatic rings. The van der Waals surface area contributed by atoms with Gasteiger partial charge in [-0.2, -0.15) is 0 Å². The number of hydrogen-bond donors (Lipinski definition) is 1.